The summed E-state index contributed by atoms with van der Waals surface area (Å²) in [6.07, 6.45) is 1.87. The molecule has 0 radical (unpaired) electrons. The largest absolute Gasteiger partial charge is 0.366 e. The molecule has 1 saturated heterocycles. The van der Waals surface area contributed by atoms with Crippen LogP contribution in [0.15, 0.2) is 65.3 Å². The summed E-state index contributed by atoms with van der Waals surface area (Å²) in [5.74, 6) is 0.859. The molecule has 0 amide bonds. The Morgan fingerprint density at radius 2 is 1.68 bits per heavy atom. The first-order valence-electron chi connectivity index (χ1n) is 10.8. The van der Waals surface area contributed by atoms with E-state index >= 15 is 0 Å². The molecule has 1 aliphatic heterocycles. The Bertz CT molecular complexity index is 1180. The SMILES string of the molecule is Cc1ccc(-c2nc3ncc(Br)c(N4CCN(C(C)c5ccccc5)CC4)c3[nH]2)cc1. The van der Waals surface area contributed by atoms with Crippen molar-refractivity contribution in [3.05, 3.63) is 76.4 Å². The Morgan fingerprint density at radius 1 is 0.968 bits per heavy atom. The van der Waals surface area contributed by atoms with Crippen LogP contribution in [0.1, 0.15) is 24.1 Å². The zero-order valence-electron chi connectivity index (χ0n) is 17.8. The molecular weight excluding hydrogens is 450 g/mol. The molecule has 3 heterocycles. The lowest BCUT2D eigenvalue weighted by Gasteiger charge is -2.39. The van der Waals surface area contributed by atoms with E-state index < -0.39 is 0 Å². The molecule has 4 aromatic rings. The van der Waals surface area contributed by atoms with Crippen molar-refractivity contribution in [2.75, 3.05) is 31.1 Å². The number of hydrogen-bond donors (Lipinski definition) is 1. The third-order valence-corrected chi connectivity index (χ3v) is 6.81. The van der Waals surface area contributed by atoms with Crippen molar-refractivity contribution in [3.63, 3.8) is 0 Å². The molecule has 158 valence electrons. The summed E-state index contributed by atoms with van der Waals surface area (Å²) < 4.78 is 1.00. The van der Waals surface area contributed by atoms with Crippen molar-refractivity contribution in [3.8, 4) is 11.4 Å². The Labute approximate surface area is 191 Å². The van der Waals surface area contributed by atoms with E-state index in [-0.39, 0.29) is 0 Å². The number of nitrogens with zero attached hydrogens (tertiary/aromatic N) is 4. The fourth-order valence-corrected chi connectivity index (χ4v) is 4.90. The highest BCUT2D eigenvalue weighted by Gasteiger charge is 2.25. The number of hydrogen-bond acceptors (Lipinski definition) is 4. The summed E-state index contributed by atoms with van der Waals surface area (Å²) in [7, 11) is 0. The predicted octanol–water partition coefficient (Wildman–Crippen LogP) is 5.58. The van der Waals surface area contributed by atoms with Gasteiger partial charge in [-0.15, -0.1) is 0 Å². The molecule has 0 bridgehead atoms. The third-order valence-electron chi connectivity index (χ3n) is 6.23. The Kier molecular flexibility index (Phi) is 5.50. The molecule has 0 aliphatic carbocycles. The van der Waals surface area contributed by atoms with Gasteiger partial charge in [-0.3, -0.25) is 4.90 Å². The highest BCUT2D eigenvalue weighted by atomic mass is 79.9. The van der Waals surface area contributed by atoms with Crippen LogP contribution in [0.25, 0.3) is 22.6 Å². The van der Waals surface area contributed by atoms with Crippen molar-refractivity contribution in [1.29, 1.82) is 0 Å². The molecule has 2 aromatic carbocycles. The van der Waals surface area contributed by atoms with Crippen LogP contribution in [0, 0.1) is 6.92 Å². The Hall–Kier alpha value is -2.70. The lowest BCUT2D eigenvalue weighted by atomic mass is 10.1. The maximum Gasteiger partial charge on any atom is 0.180 e. The highest BCUT2D eigenvalue weighted by molar-refractivity contribution is 9.10. The Morgan fingerprint density at radius 3 is 2.39 bits per heavy atom. The molecule has 1 N–H and O–H groups in total. The number of halogens is 1. The van der Waals surface area contributed by atoms with Crippen LogP contribution in [0.5, 0.6) is 0 Å². The predicted molar refractivity (Wildman–Crippen MR) is 130 cm³/mol. The van der Waals surface area contributed by atoms with Crippen LogP contribution in [0.3, 0.4) is 0 Å². The summed E-state index contributed by atoms with van der Waals surface area (Å²) in [6.45, 7) is 8.36. The standard InChI is InChI=1S/C25H26BrN5/c1-17-8-10-20(11-9-17)24-28-22-23(21(26)16-27-25(22)29-24)31-14-12-30(13-15-31)18(2)19-6-4-3-5-7-19/h3-11,16,18H,12-15H2,1-2H3,(H,27,28,29). The van der Waals surface area contributed by atoms with Gasteiger partial charge in [0.1, 0.15) is 11.3 Å². The first-order chi connectivity index (χ1) is 15.1. The minimum absolute atomic E-state index is 0.421. The van der Waals surface area contributed by atoms with E-state index in [4.69, 9.17) is 4.98 Å². The smallest absolute Gasteiger partial charge is 0.180 e. The van der Waals surface area contributed by atoms with Gasteiger partial charge >= 0.3 is 0 Å². The average Bonchev–Trinajstić information content (AvgIpc) is 3.24. The number of aromatic nitrogens is 3. The lowest BCUT2D eigenvalue weighted by Crippen LogP contribution is -2.47. The van der Waals surface area contributed by atoms with E-state index in [0.717, 1.165) is 58.9 Å². The summed E-state index contributed by atoms with van der Waals surface area (Å²) in [5, 5.41) is 0. The molecule has 0 saturated carbocycles. The van der Waals surface area contributed by atoms with Gasteiger partial charge in [0.2, 0.25) is 0 Å². The maximum atomic E-state index is 4.77. The van der Waals surface area contributed by atoms with Crippen molar-refractivity contribution in [2.45, 2.75) is 19.9 Å². The van der Waals surface area contributed by atoms with Crippen LogP contribution in [0.4, 0.5) is 5.69 Å². The fourth-order valence-electron chi connectivity index (χ4n) is 4.35. The average molecular weight is 476 g/mol. The number of pyridine rings is 1. The van der Waals surface area contributed by atoms with Gasteiger partial charge < -0.3 is 9.88 Å². The molecule has 0 spiro atoms. The Balaban J connectivity index is 1.40. The minimum Gasteiger partial charge on any atom is -0.366 e. The van der Waals surface area contributed by atoms with Crippen LogP contribution in [0.2, 0.25) is 0 Å². The highest BCUT2D eigenvalue weighted by Crippen LogP contribution is 2.35. The van der Waals surface area contributed by atoms with Crippen LogP contribution < -0.4 is 4.90 Å². The number of imidazole rings is 1. The van der Waals surface area contributed by atoms with Crippen molar-refractivity contribution >= 4 is 32.8 Å². The van der Waals surface area contributed by atoms with Gasteiger partial charge in [-0.05, 0) is 35.3 Å². The topological polar surface area (TPSA) is 48.1 Å². The molecule has 1 unspecified atom stereocenters. The quantitative estimate of drug-likeness (QED) is 0.418. The number of benzene rings is 2. The van der Waals surface area contributed by atoms with Gasteiger partial charge in [-0.2, -0.15) is 0 Å². The molecule has 31 heavy (non-hydrogen) atoms. The van der Waals surface area contributed by atoms with Crippen LogP contribution in [-0.2, 0) is 0 Å². The maximum absolute atomic E-state index is 4.77. The number of anilines is 1. The second-order valence-electron chi connectivity index (χ2n) is 8.21. The number of fused-ring (bicyclic) bond motifs is 1. The van der Waals surface area contributed by atoms with E-state index in [2.05, 4.69) is 104 Å². The van der Waals surface area contributed by atoms with Gasteiger partial charge in [0.15, 0.2) is 5.65 Å². The number of aryl methyl sites for hydroxylation is 1. The first-order valence-corrected chi connectivity index (χ1v) is 11.5. The van der Waals surface area contributed by atoms with E-state index in [9.17, 15) is 0 Å². The lowest BCUT2D eigenvalue weighted by molar-refractivity contribution is 0.198. The zero-order chi connectivity index (χ0) is 21.4. The van der Waals surface area contributed by atoms with E-state index in [1.807, 2.05) is 6.20 Å². The normalized spacial score (nSPS) is 16.0. The summed E-state index contributed by atoms with van der Waals surface area (Å²) in [6, 6.07) is 19.6. The van der Waals surface area contributed by atoms with Gasteiger partial charge in [0.25, 0.3) is 0 Å². The number of aromatic amines is 1. The van der Waals surface area contributed by atoms with E-state index in [0.29, 0.717) is 6.04 Å². The first kappa shape index (κ1) is 20.2. The summed E-state index contributed by atoms with van der Waals surface area (Å²) >= 11 is 3.74. The third kappa shape index (κ3) is 3.98. The van der Waals surface area contributed by atoms with Crippen molar-refractivity contribution in [2.24, 2.45) is 0 Å². The van der Waals surface area contributed by atoms with E-state index in [1.165, 1.54) is 11.1 Å². The summed E-state index contributed by atoms with van der Waals surface area (Å²) in [5.41, 5.74) is 6.60. The monoisotopic (exact) mass is 475 g/mol. The molecule has 5 rings (SSSR count). The number of nitrogens with one attached hydrogen (secondary N) is 1. The molecule has 5 nitrogen and oxygen atoms in total. The second kappa shape index (κ2) is 8.44. The van der Waals surface area contributed by atoms with Gasteiger partial charge in [0, 0.05) is 44.0 Å². The minimum atomic E-state index is 0.421. The molecule has 1 fully saturated rings. The molecule has 6 heteroatoms. The number of H-pyrrole nitrogens is 1. The van der Waals surface area contributed by atoms with E-state index in [1.54, 1.807) is 0 Å². The number of rotatable bonds is 4. The molecular formula is C25H26BrN5. The van der Waals surface area contributed by atoms with Gasteiger partial charge in [-0.25, -0.2) is 9.97 Å². The molecule has 1 aliphatic rings. The number of piperazine rings is 1. The van der Waals surface area contributed by atoms with Gasteiger partial charge in [-0.1, -0.05) is 60.2 Å². The second-order valence-corrected chi connectivity index (χ2v) is 9.07. The molecule has 1 atom stereocenters. The van der Waals surface area contributed by atoms with Gasteiger partial charge in [0.05, 0.1) is 10.2 Å². The van der Waals surface area contributed by atoms with Crippen LogP contribution >= 0.6 is 15.9 Å². The van der Waals surface area contributed by atoms with Crippen molar-refractivity contribution in [1.82, 2.24) is 19.9 Å². The molecule has 2 aromatic heterocycles. The zero-order valence-corrected chi connectivity index (χ0v) is 19.4. The van der Waals surface area contributed by atoms with Crippen LogP contribution in [-0.4, -0.2) is 46.0 Å². The summed E-state index contributed by atoms with van der Waals surface area (Å²) in [4.78, 5) is 17.9. The fraction of sp³-hybridized carbons (Fsp3) is 0.280. The van der Waals surface area contributed by atoms with Crippen molar-refractivity contribution < 1.29 is 0 Å².